The Bertz CT molecular complexity index is 1300. The van der Waals surface area contributed by atoms with Crippen LogP contribution in [0.5, 0.6) is 11.5 Å². The molecule has 0 atom stereocenters. The first kappa shape index (κ1) is 24.4. The first-order valence-electron chi connectivity index (χ1n) is 10.7. The molecule has 0 unspecified atom stereocenters. The second-order valence-electron chi connectivity index (χ2n) is 7.44. The lowest BCUT2D eigenvalue weighted by Gasteiger charge is -2.22. The summed E-state index contributed by atoms with van der Waals surface area (Å²) >= 11 is 1.15. The number of aryl methyl sites for hydroxylation is 1. The fourth-order valence-electron chi connectivity index (χ4n) is 3.58. The van der Waals surface area contributed by atoms with Gasteiger partial charge >= 0.3 is 6.09 Å². The third-order valence-corrected chi connectivity index (χ3v) is 5.90. The predicted octanol–water partition coefficient (Wildman–Crippen LogP) is 5.17. The summed E-state index contributed by atoms with van der Waals surface area (Å²) in [6.07, 6.45) is 2.06. The molecule has 3 aromatic rings. The number of amides is 1. The number of carbonyl (C=O) groups is 1. The van der Waals surface area contributed by atoms with Crippen molar-refractivity contribution in [1.82, 2.24) is 10.1 Å². The minimum Gasteiger partial charge on any atom is -0.493 e. The van der Waals surface area contributed by atoms with Gasteiger partial charge in [0.2, 0.25) is 11.7 Å². The summed E-state index contributed by atoms with van der Waals surface area (Å²) in [5, 5.41) is 4.10. The third kappa shape index (κ3) is 5.19. The van der Waals surface area contributed by atoms with Gasteiger partial charge in [0, 0.05) is 23.6 Å². The quantitative estimate of drug-likeness (QED) is 0.350. The van der Waals surface area contributed by atoms with Crippen LogP contribution in [0.4, 0.5) is 14.9 Å². The Morgan fingerprint density at radius 3 is 2.63 bits per heavy atom. The van der Waals surface area contributed by atoms with Gasteiger partial charge in [0.1, 0.15) is 16.6 Å². The normalized spacial score (nSPS) is 13.7. The van der Waals surface area contributed by atoms with Gasteiger partial charge in [0.25, 0.3) is 0 Å². The zero-order chi connectivity index (χ0) is 24.9. The van der Waals surface area contributed by atoms with Crippen LogP contribution >= 0.6 is 11.8 Å². The lowest BCUT2D eigenvalue weighted by molar-refractivity contribution is 0.183. The molecule has 1 amide bonds. The first-order chi connectivity index (χ1) is 16.9. The van der Waals surface area contributed by atoms with Gasteiger partial charge in [-0.3, -0.25) is 0 Å². The molecule has 9 nitrogen and oxygen atoms in total. The standard InChI is InChI=1S/C24H23FN4O5S/c1-13-26-22(29-34-13)14-7-9-15(10-8-14)27-20(23(35-4)28-24(30)32-3)17-12-18(31-2)21-16(19(17)25)6-5-11-33-21/h7-10,12H,5-6,11H2,1-4H3/b27-20?,28-23-. The molecular formula is C24H23FN4O5S. The second kappa shape index (κ2) is 10.7. The largest absolute Gasteiger partial charge is 0.493 e. The maximum absolute atomic E-state index is 15.8. The molecule has 0 fully saturated rings. The molecule has 35 heavy (non-hydrogen) atoms. The van der Waals surface area contributed by atoms with Crippen molar-refractivity contribution in [1.29, 1.82) is 0 Å². The first-order valence-corrected chi connectivity index (χ1v) is 11.9. The third-order valence-electron chi connectivity index (χ3n) is 5.22. The molecule has 0 N–H and O–H groups in total. The molecule has 2 aromatic carbocycles. The van der Waals surface area contributed by atoms with E-state index in [1.807, 2.05) is 0 Å². The molecule has 0 radical (unpaired) electrons. The SMILES string of the molecule is COC(=O)/N=C(\SC)C(=Nc1ccc(-c2noc(C)n2)cc1)c1cc(OC)c2c(c1F)CCCO2. The van der Waals surface area contributed by atoms with Gasteiger partial charge in [-0.2, -0.15) is 9.98 Å². The fraction of sp³-hybridized carbons (Fsp3) is 0.292. The van der Waals surface area contributed by atoms with Crippen molar-refractivity contribution in [2.24, 2.45) is 9.98 Å². The van der Waals surface area contributed by atoms with E-state index in [9.17, 15) is 4.79 Å². The molecule has 0 saturated carbocycles. The van der Waals surface area contributed by atoms with E-state index < -0.39 is 11.9 Å². The average Bonchev–Trinajstić information content (AvgIpc) is 3.33. The number of thioether (sulfide) groups is 1. The lowest BCUT2D eigenvalue weighted by atomic mass is 9.98. The number of ether oxygens (including phenoxy) is 3. The molecule has 1 aliphatic rings. The lowest BCUT2D eigenvalue weighted by Crippen LogP contribution is -2.19. The highest BCUT2D eigenvalue weighted by atomic mass is 32.2. The number of fused-ring (bicyclic) bond motifs is 1. The van der Waals surface area contributed by atoms with E-state index in [1.54, 1.807) is 37.4 Å². The Labute approximate surface area is 205 Å². The number of nitrogens with zero attached hydrogens (tertiary/aromatic N) is 4. The van der Waals surface area contributed by atoms with E-state index in [4.69, 9.17) is 18.7 Å². The Morgan fingerprint density at radius 2 is 2.00 bits per heavy atom. The van der Waals surface area contributed by atoms with Gasteiger partial charge in [-0.05, 0) is 49.4 Å². The number of aliphatic imine (C=N–C) groups is 2. The predicted molar refractivity (Wildman–Crippen MR) is 131 cm³/mol. The smallest absolute Gasteiger partial charge is 0.434 e. The van der Waals surface area contributed by atoms with Crippen LogP contribution in [0.1, 0.15) is 23.4 Å². The zero-order valence-electron chi connectivity index (χ0n) is 19.6. The van der Waals surface area contributed by atoms with E-state index in [2.05, 4.69) is 20.1 Å². The van der Waals surface area contributed by atoms with Crippen molar-refractivity contribution in [3.8, 4) is 22.9 Å². The molecule has 1 aromatic heterocycles. The number of benzene rings is 2. The highest BCUT2D eigenvalue weighted by Crippen LogP contribution is 2.39. The van der Waals surface area contributed by atoms with Gasteiger partial charge in [0.05, 0.1) is 26.5 Å². The maximum atomic E-state index is 15.8. The number of methoxy groups -OCH3 is 2. The van der Waals surface area contributed by atoms with Gasteiger partial charge in [-0.1, -0.05) is 5.16 Å². The molecule has 182 valence electrons. The highest BCUT2D eigenvalue weighted by Gasteiger charge is 2.27. The van der Waals surface area contributed by atoms with Gasteiger partial charge in [0.15, 0.2) is 11.5 Å². The van der Waals surface area contributed by atoms with Gasteiger partial charge < -0.3 is 18.7 Å². The summed E-state index contributed by atoms with van der Waals surface area (Å²) in [4.78, 5) is 24.8. The number of halogens is 1. The van der Waals surface area contributed by atoms with Crippen molar-refractivity contribution in [3.05, 3.63) is 53.2 Å². The van der Waals surface area contributed by atoms with Crippen molar-refractivity contribution in [2.75, 3.05) is 27.1 Å². The highest BCUT2D eigenvalue weighted by molar-refractivity contribution is 8.15. The Hall–Kier alpha value is -3.73. The van der Waals surface area contributed by atoms with Crippen LogP contribution in [0.25, 0.3) is 11.4 Å². The molecule has 0 spiro atoms. The molecule has 0 aliphatic carbocycles. The number of carbonyl (C=O) groups excluding carboxylic acids is 1. The average molecular weight is 499 g/mol. The molecule has 1 aliphatic heterocycles. The van der Waals surface area contributed by atoms with Crippen molar-refractivity contribution >= 4 is 34.3 Å². The number of rotatable bonds is 5. The molecule has 11 heteroatoms. The summed E-state index contributed by atoms with van der Waals surface area (Å²) in [7, 11) is 2.71. The minimum absolute atomic E-state index is 0.140. The summed E-state index contributed by atoms with van der Waals surface area (Å²) in [6.45, 7) is 2.19. The molecule has 0 saturated heterocycles. The minimum atomic E-state index is -0.821. The second-order valence-corrected chi connectivity index (χ2v) is 8.23. The van der Waals surface area contributed by atoms with Crippen LogP contribution in [0.2, 0.25) is 0 Å². The van der Waals surface area contributed by atoms with Crippen molar-refractivity contribution in [3.63, 3.8) is 0 Å². The summed E-state index contributed by atoms with van der Waals surface area (Å²) in [5.74, 6) is 1.17. The van der Waals surface area contributed by atoms with Crippen LogP contribution in [-0.4, -0.2) is 54.1 Å². The molecule has 2 heterocycles. The van der Waals surface area contributed by atoms with Crippen LogP contribution < -0.4 is 9.47 Å². The Kier molecular flexibility index (Phi) is 7.45. The molecule has 0 bridgehead atoms. The summed E-state index contributed by atoms with van der Waals surface area (Å²) in [6, 6.07) is 8.52. The van der Waals surface area contributed by atoms with Crippen molar-refractivity contribution in [2.45, 2.75) is 19.8 Å². The number of hydrogen-bond acceptors (Lipinski definition) is 9. The van der Waals surface area contributed by atoms with Crippen LogP contribution in [0.3, 0.4) is 0 Å². The van der Waals surface area contributed by atoms with Crippen LogP contribution in [0.15, 0.2) is 44.8 Å². The van der Waals surface area contributed by atoms with E-state index in [-0.39, 0.29) is 16.3 Å². The number of aromatic nitrogens is 2. The van der Waals surface area contributed by atoms with Gasteiger partial charge in [-0.25, -0.2) is 14.2 Å². The maximum Gasteiger partial charge on any atom is 0.434 e. The fourth-order valence-corrected chi connectivity index (χ4v) is 4.09. The van der Waals surface area contributed by atoms with E-state index in [1.165, 1.54) is 20.3 Å². The van der Waals surface area contributed by atoms with Crippen LogP contribution in [-0.2, 0) is 11.2 Å². The molecule has 4 rings (SSSR count). The number of hydrogen-bond donors (Lipinski definition) is 0. The van der Waals surface area contributed by atoms with Crippen LogP contribution in [0, 0.1) is 12.7 Å². The summed E-state index contributed by atoms with van der Waals surface area (Å²) in [5.41, 5.74) is 1.94. The topological polar surface area (TPSA) is 108 Å². The van der Waals surface area contributed by atoms with E-state index in [0.29, 0.717) is 53.9 Å². The van der Waals surface area contributed by atoms with E-state index >= 15 is 4.39 Å². The van der Waals surface area contributed by atoms with Crippen molar-refractivity contribution < 1.29 is 27.9 Å². The van der Waals surface area contributed by atoms with Gasteiger partial charge in [-0.15, -0.1) is 11.8 Å². The molecular weight excluding hydrogens is 475 g/mol. The Balaban J connectivity index is 1.86. The van der Waals surface area contributed by atoms with E-state index in [0.717, 1.165) is 17.3 Å². The Morgan fingerprint density at radius 1 is 1.23 bits per heavy atom. The summed E-state index contributed by atoms with van der Waals surface area (Å²) < 4.78 is 36.7. The monoisotopic (exact) mass is 498 g/mol. The zero-order valence-corrected chi connectivity index (χ0v) is 20.4.